The molecule has 82 valence electrons. The minimum Gasteiger partial charge on any atom is -0.398 e. The number of benzene rings is 1. The Morgan fingerprint density at radius 2 is 1.93 bits per heavy atom. The molecule has 0 aromatic heterocycles. The Balaban J connectivity index is 2.05. The highest BCUT2D eigenvalue weighted by Crippen LogP contribution is 2.37. The van der Waals surface area contributed by atoms with Gasteiger partial charge in [0.15, 0.2) is 0 Å². The molecule has 3 heteroatoms. The summed E-state index contributed by atoms with van der Waals surface area (Å²) in [5, 5.41) is 1.52. The molecular weight excluding hydrogens is 226 g/mol. The van der Waals surface area contributed by atoms with Crippen molar-refractivity contribution in [3.8, 4) is 0 Å². The van der Waals surface area contributed by atoms with E-state index in [0.29, 0.717) is 0 Å². The van der Waals surface area contributed by atoms with Gasteiger partial charge < -0.3 is 5.73 Å². The standard InChI is InChI=1S/C12H16ClNS/c13-9-6-7-11(14)12(8-9)15-10-4-2-1-3-5-10/h6-8,10H,1-5,14H2. The predicted octanol–water partition coefficient (Wildman–Crippen LogP) is 4.35. The zero-order valence-electron chi connectivity index (χ0n) is 8.71. The SMILES string of the molecule is Nc1ccc(Cl)cc1SC1CCCCC1. The van der Waals surface area contributed by atoms with Crippen LogP contribution >= 0.6 is 23.4 Å². The first-order valence-corrected chi connectivity index (χ1v) is 6.73. The third-order valence-electron chi connectivity index (χ3n) is 2.82. The van der Waals surface area contributed by atoms with E-state index in [2.05, 4.69) is 0 Å². The third kappa shape index (κ3) is 3.05. The molecule has 15 heavy (non-hydrogen) atoms. The second-order valence-corrected chi connectivity index (χ2v) is 5.84. The highest BCUT2D eigenvalue weighted by Gasteiger charge is 2.15. The van der Waals surface area contributed by atoms with Crippen molar-refractivity contribution < 1.29 is 0 Å². The average Bonchev–Trinajstić information content (AvgIpc) is 2.25. The number of rotatable bonds is 2. The van der Waals surface area contributed by atoms with E-state index < -0.39 is 0 Å². The zero-order chi connectivity index (χ0) is 10.7. The molecule has 1 aliphatic carbocycles. The molecule has 0 saturated heterocycles. The Morgan fingerprint density at radius 1 is 1.20 bits per heavy atom. The van der Waals surface area contributed by atoms with E-state index in [-0.39, 0.29) is 0 Å². The molecule has 0 spiro atoms. The molecule has 0 atom stereocenters. The van der Waals surface area contributed by atoms with Crippen LogP contribution in [0.4, 0.5) is 5.69 Å². The van der Waals surface area contributed by atoms with Gasteiger partial charge in [0.2, 0.25) is 0 Å². The summed E-state index contributed by atoms with van der Waals surface area (Å²) in [4.78, 5) is 1.15. The summed E-state index contributed by atoms with van der Waals surface area (Å²) >= 11 is 7.86. The molecule has 0 aliphatic heterocycles. The summed E-state index contributed by atoms with van der Waals surface area (Å²) in [5.41, 5.74) is 6.78. The highest BCUT2D eigenvalue weighted by atomic mass is 35.5. The molecule has 2 rings (SSSR count). The number of hydrogen-bond donors (Lipinski definition) is 1. The topological polar surface area (TPSA) is 26.0 Å². The third-order valence-corrected chi connectivity index (χ3v) is 4.47. The Kier molecular flexibility index (Phi) is 3.81. The van der Waals surface area contributed by atoms with Crippen LogP contribution in [-0.4, -0.2) is 5.25 Å². The molecule has 1 fully saturated rings. The van der Waals surface area contributed by atoms with Gasteiger partial charge >= 0.3 is 0 Å². The van der Waals surface area contributed by atoms with Crippen LogP contribution < -0.4 is 5.73 Å². The molecular formula is C12H16ClNS. The first-order chi connectivity index (χ1) is 7.25. The Bertz CT molecular complexity index is 334. The van der Waals surface area contributed by atoms with Crippen molar-refractivity contribution in [3.63, 3.8) is 0 Å². The van der Waals surface area contributed by atoms with E-state index in [1.165, 1.54) is 32.1 Å². The largest absolute Gasteiger partial charge is 0.398 e. The zero-order valence-corrected chi connectivity index (χ0v) is 10.3. The molecule has 1 aliphatic rings. The summed E-state index contributed by atoms with van der Waals surface area (Å²) in [6, 6.07) is 5.73. The van der Waals surface area contributed by atoms with Crippen LogP contribution in [0.1, 0.15) is 32.1 Å². The van der Waals surface area contributed by atoms with E-state index in [0.717, 1.165) is 20.9 Å². The van der Waals surface area contributed by atoms with Gasteiger partial charge in [0.05, 0.1) is 0 Å². The molecule has 2 N–H and O–H groups in total. The van der Waals surface area contributed by atoms with Gasteiger partial charge in [-0.25, -0.2) is 0 Å². The second-order valence-electron chi connectivity index (χ2n) is 4.06. The number of hydrogen-bond acceptors (Lipinski definition) is 2. The van der Waals surface area contributed by atoms with Crippen molar-refractivity contribution in [2.45, 2.75) is 42.2 Å². The number of nitrogen functional groups attached to an aromatic ring is 1. The highest BCUT2D eigenvalue weighted by molar-refractivity contribution is 8.00. The smallest absolute Gasteiger partial charge is 0.0453 e. The van der Waals surface area contributed by atoms with Gasteiger partial charge in [-0.3, -0.25) is 0 Å². The normalized spacial score (nSPS) is 17.9. The van der Waals surface area contributed by atoms with Crippen LogP contribution in [0.2, 0.25) is 5.02 Å². The van der Waals surface area contributed by atoms with Crippen LogP contribution in [0.25, 0.3) is 0 Å². The fraction of sp³-hybridized carbons (Fsp3) is 0.500. The molecule has 0 heterocycles. The lowest BCUT2D eigenvalue weighted by Gasteiger charge is -2.21. The summed E-state index contributed by atoms with van der Waals surface area (Å²) in [5.74, 6) is 0. The molecule has 1 aromatic rings. The van der Waals surface area contributed by atoms with Crippen LogP contribution in [-0.2, 0) is 0 Å². The number of halogens is 1. The fourth-order valence-corrected chi connectivity index (χ4v) is 3.54. The van der Waals surface area contributed by atoms with Gasteiger partial charge in [-0.15, -0.1) is 11.8 Å². The quantitative estimate of drug-likeness (QED) is 0.780. The van der Waals surface area contributed by atoms with E-state index in [9.17, 15) is 0 Å². The van der Waals surface area contributed by atoms with Crippen LogP contribution in [0.15, 0.2) is 23.1 Å². The van der Waals surface area contributed by atoms with Crippen molar-refractivity contribution in [2.75, 3.05) is 5.73 Å². The minimum absolute atomic E-state index is 0.736. The van der Waals surface area contributed by atoms with E-state index in [4.69, 9.17) is 17.3 Å². The Labute approximate surface area is 100 Å². The molecule has 0 bridgehead atoms. The fourth-order valence-electron chi connectivity index (χ4n) is 1.97. The van der Waals surface area contributed by atoms with E-state index >= 15 is 0 Å². The number of thioether (sulfide) groups is 1. The maximum absolute atomic E-state index is 5.97. The van der Waals surface area contributed by atoms with Gasteiger partial charge in [-0.1, -0.05) is 30.9 Å². The van der Waals surface area contributed by atoms with Crippen LogP contribution in [0.5, 0.6) is 0 Å². The first kappa shape index (κ1) is 11.2. The Morgan fingerprint density at radius 3 is 2.67 bits per heavy atom. The van der Waals surface area contributed by atoms with E-state index in [1.807, 2.05) is 30.0 Å². The van der Waals surface area contributed by atoms with Gasteiger partial charge in [0, 0.05) is 20.9 Å². The monoisotopic (exact) mass is 241 g/mol. The van der Waals surface area contributed by atoms with Gasteiger partial charge in [-0.2, -0.15) is 0 Å². The lowest BCUT2D eigenvalue weighted by atomic mass is 10.0. The lowest BCUT2D eigenvalue weighted by Crippen LogP contribution is -2.08. The van der Waals surface area contributed by atoms with Gasteiger partial charge in [0.25, 0.3) is 0 Å². The first-order valence-electron chi connectivity index (χ1n) is 5.47. The van der Waals surface area contributed by atoms with Crippen molar-refractivity contribution in [3.05, 3.63) is 23.2 Å². The maximum Gasteiger partial charge on any atom is 0.0453 e. The van der Waals surface area contributed by atoms with Gasteiger partial charge in [0.1, 0.15) is 0 Å². The van der Waals surface area contributed by atoms with Crippen molar-refractivity contribution in [1.29, 1.82) is 0 Å². The molecule has 0 unspecified atom stereocenters. The van der Waals surface area contributed by atoms with Crippen LogP contribution in [0, 0.1) is 0 Å². The number of nitrogens with two attached hydrogens (primary N) is 1. The average molecular weight is 242 g/mol. The molecule has 0 amide bonds. The molecule has 1 nitrogen and oxygen atoms in total. The van der Waals surface area contributed by atoms with E-state index in [1.54, 1.807) is 0 Å². The molecule has 1 aromatic carbocycles. The summed E-state index contributed by atoms with van der Waals surface area (Å²) < 4.78 is 0. The predicted molar refractivity (Wildman–Crippen MR) is 68.6 cm³/mol. The van der Waals surface area contributed by atoms with Gasteiger partial charge in [-0.05, 0) is 31.0 Å². The summed E-state index contributed by atoms with van der Waals surface area (Å²) in [6.07, 6.45) is 6.74. The molecule has 0 radical (unpaired) electrons. The lowest BCUT2D eigenvalue weighted by molar-refractivity contribution is 0.516. The second kappa shape index (κ2) is 5.13. The summed E-state index contributed by atoms with van der Waals surface area (Å²) in [6.45, 7) is 0. The van der Waals surface area contributed by atoms with Crippen molar-refractivity contribution in [2.24, 2.45) is 0 Å². The van der Waals surface area contributed by atoms with Crippen molar-refractivity contribution in [1.82, 2.24) is 0 Å². The van der Waals surface area contributed by atoms with Crippen LogP contribution in [0.3, 0.4) is 0 Å². The van der Waals surface area contributed by atoms with Crippen molar-refractivity contribution >= 4 is 29.1 Å². The maximum atomic E-state index is 5.97. The molecule has 1 saturated carbocycles. The number of anilines is 1. The summed E-state index contributed by atoms with van der Waals surface area (Å²) in [7, 11) is 0. The Hall–Kier alpha value is -0.340. The minimum atomic E-state index is 0.736.